The summed E-state index contributed by atoms with van der Waals surface area (Å²) in [5.41, 5.74) is 1.67. The highest BCUT2D eigenvalue weighted by Crippen LogP contribution is 2.30. The molecule has 2 aromatic carbocycles. The van der Waals surface area contributed by atoms with E-state index in [2.05, 4.69) is 22.3 Å². The molecule has 0 radical (unpaired) electrons. The van der Waals surface area contributed by atoms with Gasteiger partial charge in [0.05, 0.1) is 32.5 Å². The molecule has 6 nitrogen and oxygen atoms in total. The summed E-state index contributed by atoms with van der Waals surface area (Å²) in [4.78, 5) is 15.3. The first-order valence-electron chi connectivity index (χ1n) is 9.85. The second-order valence-corrected chi connectivity index (χ2v) is 7.06. The van der Waals surface area contributed by atoms with Crippen LogP contribution in [0.5, 0.6) is 11.5 Å². The fourth-order valence-electron chi connectivity index (χ4n) is 3.51. The van der Waals surface area contributed by atoms with Crippen molar-refractivity contribution in [1.82, 2.24) is 10.2 Å². The van der Waals surface area contributed by atoms with Crippen molar-refractivity contribution >= 4 is 5.91 Å². The van der Waals surface area contributed by atoms with Gasteiger partial charge in [0.15, 0.2) is 11.5 Å². The smallest absolute Gasteiger partial charge is 0.251 e. The highest BCUT2D eigenvalue weighted by molar-refractivity contribution is 5.95. The van der Waals surface area contributed by atoms with E-state index in [0.717, 1.165) is 44.8 Å². The molecule has 4 rings (SSSR count). The Balaban J connectivity index is 1.50. The maximum atomic E-state index is 13.0. The van der Waals surface area contributed by atoms with E-state index in [0.29, 0.717) is 30.3 Å². The van der Waals surface area contributed by atoms with E-state index in [-0.39, 0.29) is 11.9 Å². The van der Waals surface area contributed by atoms with Gasteiger partial charge in [-0.25, -0.2) is 0 Å². The molecule has 2 aromatic rings. The monoisotopic (exact) mass is 382 g/mol. The number of ether oxygens (including phenoxy) is 3. The van der Waals surface area contributed by atoms with Crippen molar-refractivity contribution in [3.63, 3.8) is 0 Å². The average molecular weight is 382 g/mol. The zero-order valence-corrected chi connectivity index (χ0v) is 15.9. The summed E-state index contributed by atoms with van der Waals surface area (Å²) in [6, 6.07) is 15.4. The minimum atomic E-state index is -0.113. The molecule has 1 amide bonds. The molecule has 1 atom stereocenters. The number of carbonyl (C=O) groups is 1. The van der Waals surface area contributed by atoms with Crippen LogP contribution in [-0.4, -0.2) is 56.9 Å². The van der Waals surface area contributed by atoms with Gasteiger partial charge in [-0.1, -0.05) is 30.3 Å². The number of morpholine rings is 1. The van der Waals surface area contributed by atoms with E-state index in [1.165, 1.54) is 0 Å². The molecule has 2 aliphatic heterocycles. The molecule has 28 heavy (non-hydrogen) atoms. The normalized spacial score (nSPS) is 18.1. The highest BCUT2D eigenvalue weighted by Gasteiger charge is 2.22. The van der Waals surface area contributed by atoms with E-state index in [9.17, 15) is 4.79 Å². The number of nitrogens with one attached hydrogen (secondary N) is 1. The molecule has 0 unspecified atom stereocenters. The minimum absolute atomic E-state index is 0.0946. The largest absolute Gasteiger partial charge is 0.490 e. The van der Waals surface area contributed by atoms with Gasteiger partial charge >= 0.3 is 0 Å². The summed E-state index contributed by atoms with van der Waals surface area (Å²) in [5.74, 6) is 1.22. The van der Waals surface area contributed by atoms with Crippen molar-refractivity contribution < 1.29 is 19.0 Å². The maximum Gasteiger partial charge on any atom is 0.251 e. The lowest BCUT2D eigenvalue weighted by Gasteiger charge is -2.31. The predicted octanol–water partition coefficient (Wildman–Crippen LogP) is 2.65. The Labute approximate surface area is 165 Å². The summed E-state index contributed by atoms with van der Waals surface area (Å²) in [7, 11) is 0. The van der Waals surface area contributed by atoms with Crippen molar-refractivity contribution in [2.75, 3.05) is 46.1 Å². The van der Waals surface area contributed by atoms with Crippen molar-refractivity contribution in [1.29, 1.82) is 0 Å². The minimum Gasteiger partial charge on any atom is -0.490 e. The van der Waals surface area contributed by atoms with Crippen LogP contribution in [0, 0.1) is 0 Å². The van der Waals surface area contributed by atoms with Gasteiger partial charge in [-0.2, -0.15) is 0 Å². The molecule has 6 heteroatoms. The van der Waals surface area contributed by atoms with Gasteiger partial charge in [0, 0.05) is 31.6 Å². The molecule has 1 N–H and O–H groups in total. The summed E-state index contributed by atoms with van der Waals surface area (Å²) >= 11 is 0. The number of amides is 1. The van der Waals surface area contributed by atoms with Gasteiger partial charge in [-0.05, 0) is 23.8 Å². The number of hydrogen-bond acceptors (Lipinski definition) is 5. The summed E-state index contributed by atoms with van der Waals surface area (Å²) < 4.78 is 16.8. The Morgan fingerprint density at radius 3 is 2.50 bits per heavy atom. The van der Waals surface area contributed by atoms with Gasteiger partial charge in [-0.15, -0.1) is 0 Å². The van der Waals surface area contributed by atoms with Crippen molar-refractivity contribution in [3.05, 3.63) is 59.7 Å². The lowest BCUT2D eigenvalue weighted by atomic mass is 10.0. The molecule has 2 heterocycles. The highest BCUT2D eigenvalue weighted by atomic mass is 16.5. The number of carbonyl (C=O) groups excluding carboxylic acids is 1. The molecule has 148 valence electrons. The third kappa shape index (κ3) is 4.64. The van der Waals surface area contributed by atoms with Gasteiger partial charge in [0.1, 0.15) is 0 Å². The van der Waals surface area contributed by atoms with Gasteiger partial charge in [-0.3, -0.25) is 9.69 Å². The summed E-state index contributed by atoms with van der Waals surface area (Å²) in [6.45, 7) is 5.21. The van der Waals surface area contributed by atoms with E-state index < -0.39 is 0 Å². The van der Waals surface area contributed by atoms with Gasteiger partial charge in [0.25, 0.3) is 5.91 Å². The fourth-order valence-corrected chi connectivity index (χ4v) is 3.51. The number of nitrogens with zero attached hydrogens (tertiary/aromatic N) is 1. The van der Waals surface area contributed by atoms with Crippen molar-refractivity contribution in [2.24, 2.45) is 0 Å². The van der Waals surface area contributed by atoms with Gasteiger partial charge in [0.2, 0.25) is 0 Å². The topological polar surface area (TPSA) is 60.0 Å². The SMILES string of the molecule is O=C(N[C@H](CN1CCOCC1)c1ccccc1)c1ccc2c(c1)OCCCO2. The summed E-state index contributed by atoms with van der Waals surface area (Å²) in [5, 5.41) is 3.20. The van der Waals surface area contributed by atoms with Crippen LogP contribution in [0.3, 0.4) is 0 Å². The first-order chi connectivity index (χ1) is 13.8. The Bertz CT molecular complexity index is 790. The number of benzene rings is 2. The van der Waals surface area contributed by atoms with Crippen molar-refractivity contribution in [3.8, 4) is 11.5 Å². The van der Waals surface area contributed by atoms with Crippen LogP contribution in [-0.2, 0) is 4.74 Å². The van der Waals surface area contributed by atoms with E-state index >= 15 is 0 Å². The first-order valence-corrected chi connectivity index (χ1v) is 9.85. The Hall–Kier alpha value is -2.57. The molecule has 0 aliphatic carbocycles. The number of rotatable bonds is 5. The Kier molecular flexibility index (Phi) is 6.09. The van der Waals surface area contributed by atoms with Gasteiger partial charge < -0.3 is 19.5 Å². The fraction of sp³-hybridized carbons (Fsp3) is 0.409. The molecule has 0 saturated carbocycles. The third-order valence-corrected chi connectivity index (χ3v) is 5.06. The molecule has 0 bridgehead atoms. The standard InChI is InChI=1S/C22H26N2O4/c25-22(18-7-8-20-21(15-18)28-12-4-11-27-20)23-19(17-5-2-1-3-6-17)16-24-9-13-26-14-10-24/h1-3,5-8,15,19H,4,9-14,16H2,(H,23,25)/t19-/m1/s1. The third-order valence-electron chi connectivity index (χ3n) is 5.06. The quantitative estimate of drug-likeness (QED) is 0.862. The second-order valence-electron chi connectivity index (χ2n) is 7.06. The molecule has 0 aromatic heterocycles. The number of fused-ring (bicyclic) bond motifs is 1. The van der Waals surface area contributed by atoms with Crippen molar-refractivity contribution in [2.45, 2.75) is 12.5 Å². The molecule has 1 fully saturated rings. The molecule has 2 aliphatic rings. The number of hydrogen-bond donors (Lipinski definition) is 1. The second kappa shape index (κ2) is 9.08. The van der Waals surface area contributed by atoms with E-state index in [1.54, 1.807) is 12.1 Å². The predicted molar refractivity (Wildman–Crippen MR) is 106 cm³/mol. The van der Waals surface area contributed by atoms with Crippen LogP contribution < -0.4 is 14.8 Å². The lowest BCUT2D eigenvalue weighted by molar-refractivity contribution is 0.0332. The lowest BCUT2D eigenvalue weighted by Crippen LogP contribution is -2.43. The first kappa shape index (κ1) is 18.8. The molecule has 0 spiro atoms. The average Bonchev–Trinajstić information content (AvgIpc) is 2.99. The molecule has 1 saturated heterocycles. The zero-order chi connectivity index (χ0) is 19.2. The summed E-state index contributed by atoms with van der Waals surface area (Å²) in [6.07, 6.45) is 0.839. The van der Waals surface area contributed by atoms with Crippen LogP contribution in [0.25, 0.3) is 0 Å². The van der Waals surface area contributed by atoms with E-state index in [1.807, 2.05) is 24.3 Å². The van der Waals surface area contributed by atoms with Crippen LogP contribution >= 0.6 is 0 Å². The molecular weight excluding hydrogens is 356 g/mol. The Morgan fingerprint density at radius 1 is 0.964 bits per heavy atom. The van der Waals surface area contributed by atoms with Crippen LogP contribution in [0.15, 0.2) is 48.5 Å². The Morgan fingerprint density at radius 2 is 1.71 bits per heavy atom. The van der Waals surface area contributed by atoms with Crippen LogP contribution in [0.2, 0.25) is 0 Å². The van der Waals surface area contributed by atoms with Crippen LogP contribution in [0.4, 0.5) is 0 Å². The van der Waals surface area contributed by atoms with E-state index in [4.69, 9.17) is 14.2 Å². The zero-order valence-electron chi connectivity index (χ0n) is 15.9. The van der Waals surface area contributed by atoms with Crippen LogP contribution in [0.1, 0.15) is 28.4 Å². The maximum absolute atomic E-state index is 13.0. The molecular formula is C22H26N2O4.